The van der Waals surface area contributed by atoms with E-state index in [1.165, 1.54) is 18.2 Å². The summed E-state index contributed by atoms with van der Waals surface area (Å²) in [6, 6.07) is 5.63. The third-order valence-electron chi connectivity index (χ3n) is 3.97. The molecule has 3 amide bonds. The fraction of sp³-hybridized carbons (Fsp3) is 0.556. The van der Waals surface area contributed by atoms with Gasteiger partial charge in [-0.15, -0.1) is 0 Å². The lowest BCUT2D eigenvalue weighted by Gasteiger charge is -2.32. The van der Waals surface area contributed by atoms with Gasteiger partial charge in [0.05, 0.1) is 0 Å². The van der Waals surface area contributed by atoms with Crippen LogP contribution < -0.4 is 10.6 Å². The van der Waals surface area contributed by atoms with Gasteiger partial charge in [-0.05, 0) is 36.5 Å². The van der Waals surface area contributed by atoms with Crippen LogP contribution in [0.2, 0.25) is 0 Å². The van der Waals surface area contributed by atoms with Crippen molar-refractivity contribution in [2.75, 3.05) is 19.6 Å². The summed E-state index contributed by atoms with van der Waals surface area (Å²) in [6.07, 6.45) is 1.40. The second kappa shape index (κ2) is 7.64. The monoisotopic (exact) mass is 335 g/mol. The number of nitrogens with zero attached hydrogens (tertiary/aromatic N) is 1. The van der Waals surface area contributed by atoms with Crippen LogP contribution >= 0.6 is 0 Å². The van der Waals surface area contributed by atoms with Crippen molar-refractivity contribution in [2.24, 2.45) is 5.41 Å². The zero-order valence-electron chi connectivity index (χ0n) is 14.6. The first-order chi connectivity index (χ1) is 11.2. The molecule has 132 valence electrons. The van der Waals surface area contributed by atoms with Crippen molar-refractivity contribution in [3.63, 3.8) is 0 Å². The van der Waals surface area contributed by atoms with Gasteiger partial charge in [-0.3, -0.25) is 4.79 Å². The molecule has 1 aromatic rings. The molecule has 1 aromatic carbocycles. The number of likely N-dealkylation sites (tertiary alicyclic amines) is 1. The molecule has 0 atom stereocenters. The van der Waals surface area contributed by atoms with E-state index in [1.807, 2.05) is 0 Å². The van der Waals surface area contributed by atoms with Crippen molar-refractivity contribution in [3.8, 4) is 0 Å². The normalized spacial score (nSPS) is 15.9. The van der Waals surface area contributed by atoms with Crippen LogP contribution in [-0.2, 0) is 0 Å². The largest absolute Gasteiger partial charge is 0.338 e. The maximum absolute atomic E-state index is 13.2. The number of piperidine rings is 1. The van der Waals surface area contributed by atoms with Crippen molar-refractivity contribution in [1.82, 2.24) is 15.5 Å². The van der Waals surface area contributed by atoms with E-state index in [2.05, 4.69) is 31.4 Å². The molecule has 5 nitrogen and oxygen atoms in total. The van der Waals surface area contributed by atoms with Gasteiger partial charge in [-0.2, -0.15) is 0 Å². The Balaban J connectivity index is 1.79. The van der Waals surface area contributed by atoms with Gasteiger partial charge >= 0.3 is 6.03 Å². The molecule has 0 unspecified atom stereocenters. The quantitative estimate of drug-likeness (QED) is 0.892. The molecule has 2 rings (SSSR count). The molecule has 1 fully saturated rings. The van der Waals surface area contributed by atoms with Gasteiger partial charge in [0, 0.05) is 31.2 Å². The number of halogens is 1. The van der Waals surface area contributed by atoms with E-state index in [4.69, 9.17) is 0 Å². The van der Waals surface area contributed by atoms with Crippen molar-refractivity contribution in [1.29, 1.82) is 0 Å². The lowest BCUT2D eigenvalue weighted by Crippen LogP contribution is -2.50. The third-order valence-corrected chi connectivity index (χ3v) is 3.97. The van der Waals surface area contributed by atoms with Gasteiger partial charge in [0.2, 0.25) is 0 Å². The highest BCUT2D eigenvalue weighted by molar-refractivity contribution is 5.94. The molecule has 0 aliphatic carbocycles. The number of carbonyl (C=O) groups is 2. The number of benzene rings is 1. The molecule has 0 bridgehead atoms. The highest BCUT2D eigenvalue weighted by atomic mass is 19.1. The summed E-state index contributed by atoms with van der Waals surface area (Å²) >= 11 is 0. The summed E-state index contributed by atoms with van der Waals surface area (Å²) in [5.41, 5.74) is 0.405. The standard InChI is InChI=1S/C18H26FN3O2/c1-18(2,3)12-20-17(24)21-15-7-9-22(10-8-15)16(23)13-5-4-6-14(19)11-13/h4-6,11,15H,7-10,12H2,1-3H3,(H2,20,21,24). The van der Waals surface area contributed by atoms with Crippen LogP contribution in [0.3, 0.4) is 0 Å². The SMILES string of the molecule is CC(C)(C)CNC(=O)NC1CCN(C(=O)c2cccc(F)c2)CC1. The Hall–Kier alpha value is -2.11. The molecule has 1 aliphatic rings. The van der Waals surface area contributed by atoms with Crippen LogP contribution in [-0.4, -0.2) is 42.5 Å². The van der Waals surface area contributed by atoms with Crippen molar-refractivity contribution < 1.29 is 14.0 Å². The number of carbonyl (C=O) groups excluding carboxylic acids is 2. The number of hydrogen-bond acceptors (Lipinski definition) is 2. The van der Waals surface area contributed by atoms with E-state index < -0.39 is 5.82 Å². The summed E-state index contributed by atoms with van der Waals surface area (Å²) in [7, 11) is 0. The predicted octanol–water partition coefficient (Wildman–Crippen LogP) is 2.78. The Morgan fingerprint density at radius 3 is 2.50 bits per heavy atom. The first kappa shape index (κ1) is 18.2. The minimum absolute atomic E-state index is 0.0398. The average molecular weight is 335 g/mol. The summed E-state index contributed by atoms with van der Waals surface area (Å²) in [5.74, 6) is -0.571. The molecule has 1 saturated heterocycles. The van der Waals surface area contributed by atoms with E-state index in [0.717, 1.165) is 0 Å². The van der Waals surface area contributed by atoms with Gasteiger partial charge < -0.3 is 15.5 Å². The maximum Gasteiger partial charge on any atom is 0.315 e. The molecule has 0 saturated carbocycles. The summed E-state index contributed by atoms with van der Waals surface area (Å²) in [4.78, 5) is 25.9. The maximum atomic E-state index is 13.2. The summed E-state index contributed by atoms with van der Waals surface area (Å²) in [5, 5.41) is 5.82. The summed E-state index contributed by atoms with van der Waals surface area (Å²) in [6.45, 7) is 7.90. The molecule has 0 spiro atoms. The molecular weight excluding hydrogens is 309 g/mol. The number of rotatable bonds is 3. The molecule has 24 heavy (non-hydrogen) atoms. The Morgan fingerprint density at radius 1 is 1.25 bits per heavy atom. The molecule has 6 heteroatoms. The zero-order valence-corrected chi connectivity index (χ0v) is 14.6. The Morgan fingerprint density at radius 2 is 1.92 bits per heavy atom. The van der Waals surface area contributed by atoms with Gasteiger partial charge in [-0.25, -0.2) is 9.18 Å². The molecule has 1 heterocycles. The van der Waals surface area contributed by atoms with Crippen molar-refractivity contribution >= 4 is 11.9 Å². The number of urea groups is 1. The number of amides is 3. The second-order valence-corrected chi connectivity index (χ2v) is 7.46. The number of nitrogens with one attached hydrogen (secondary N) is 2. The van der Waals surface area contributed by atoms with Crippen LogP contribution in [0.1, 0.15) is 44.0 Å². The first-order valence-electron chi connectivity index (χ1n) is 8.34. The Labute approximate surface area is 142 Å². The minimum Gasteiger partial charge on any atom is -0.338 e. The van der Waals surface area contributed by atoms with E-state index in [9.17, 15) is 14.0 Å². The van der Waals surface area contributed by atoms with Crippen LogP contribution in [0.25, 0.3) is 0 Å². The van der Waals surface area contributed by atoms with E-state index in [-0.39, 0.29) is 23.4 Å². The molecule has 0 aromatic heterocycles. The molecule has 2 N–H and O–H groups in total. The van der Waals surface area contributed by atoms with Gasteiger partial charge in [-0.1, -0.05) is 26.8 Å². The van der Waals surface area contributed by atoms with Crippen molar-refractivity contribution in [3.05, 3.63) is 35.6 Å². The van der Waals surface area contributed by atoms with Crippen LogP contribution in [0.15, 0.2) is 24.3 Å². The minimum atomic E-state index is -0.409. The Bertz CT molecular complexity index is 590. The molecule has 1 aliphatic heterocycles. The van der Waals surface area contributed by atoms with Gasteiger partial charge in [0.25, 0.3) is 5.91 Å². The smallest absolute Gasteiger partial charge is 0.315 e. The summed E-state index contributed by atoms with van der Waals surface area (Å²) < 4.78 is 13.2. The van der Waals surface area contributed by atoms with Crippen LogP contribution in [0.5, 0.6) is 0 Å². The second-order valence-electron chi connectivity index (χ2n) is 7.46. The first-order valence-corrected chi connectivity index (χ1v) is 8.34. The van der Waals surface area contributed by atoms with Gasteiger partial charge in [0.15, 0.2) is 0 Å². The Kier molecular flexibility index (Phi) is 5.80. The predicted molar refractivity (Wildman–Crippen MR) is 91.3 cm³/mol. The van der Waals surface area contributed by atoms with Crippen LogP contribution in [0.4, 0.5) is 9.18 Å². The third kappa shape index (κ3) is 5.51. The topological polar surface area (TPSA) is 61.4 Å². The lowest BCUT2D eigenvalue weighted by atomic mass is 9.97. The molecular formula is C18H26FN3O2. The zero-order chi connectivity index (χ0) is 17.7. The highest BCUT2D eigenvalue weighted by Gasteiger charge is 2.25. The fourth-order valence-corrected chi connectivity index (χ4v) is 2.61. The van der Waals surface area contributed by atoms with Crippen molar-refractivity contribution in [2.45, 2.75) is 39.7 Å². The van der Waals surface area contributed by atoms with E-state index >= 15 is 0 Å². The van der Waals surface area contributed by atoms with E-state index in [1.54, 1.807) is 11.0 Å². The fourth-order valence-electron chi connectivity index (χ4n) is 2.61. The van der Waals surface area contributed by atoms with Gasteiger partial charge in [0.1, 0.15) is 5.82 Å². The van der Waals surface area contributed by atoms with Crippen LogP contribution in [0, 0.1) is 11.2 Å². The number of hydrogen-bond donors (Lipinski definition) is 2. The average Bonchev–Trinajstić information content (AvgIpc) is 2.52. The molecule has 0 radical (unpaired) electrons. The lowest BCUT2D eigenvalue weighted by molar-refractivity contribution is 0.0707. The highest BCUT2D eigenvalue weighted by Crippen LogP contribution is 2.15. The van der Waals surface area contributed by atoms with E-state index in [0.29, 0.717) is 38.0 Å².